The minimum atomic E-state index is -0.291. The Morgan fingerprint density at radius 2 is 2.06 bits per heavy atom. The summed E-state index contributed by atoms with van der Waals surface area (Å²) in [6, 6.07) is 10.2. The molecule has 0 aliphatic heterocycles. The highest BCUT2D eigenvalue weighted by atomic mass is 32.1. The van der Waals surface area contributed by atoms with Crippen molar-refractivity contribution in [3.8, 4) is 0 Å². The third kappa shape index (κ3) is 2.87. The van der Waals surface area contributed by atoms with E-state index in [0.29, 0.717) is 11.4 Å². The number of carbonyl (C=O) groups is 1. The summed E-state index contributed by atoms with van der Waals surface area (Å²) in [5.41, 5.74) is 1.35. The number of thiocarbonyl (C=S) groups is 1. The Morgan fingerprint density at radius 3 is 2.65 bits per heavy atom. The molecule has 1 N–H and O–H groups in total. The van der Waals surface area contributed by atoms with Crippen molar-refractivity contribution in [3.63, 3.8) is 0 Å². The van der Waals surface area contributed by atoms with Crippen LogP contribution in [0.4, 0.5) is 11.4 Å². The fraction of sp³-hybridized carbons (Fsp3) is 0. The molecule has 0 saturated heterocycles. The molecule has 0 spiro atoms. The highest BCUT2D eigenvalue weighted by Gasteiger charge is 2.07. The lowest BCUT2D eigenvalue weighted by Crippen LogP contribution is -2.10. The molecule has 0 bridgehead atoms. The highest BCUT2D eigenvalue weighted by molar-refractivity contribution is 7.78. The molecule has 0 saturated carbocycles. The number of amides is 1. The number of benzene rings is 1. The normalized spacial score (nSPS) is 9.41. The molecule has 0 radical (unpaired) electrons. The van der Waals surface area contributed by atoms with E-state index in [-0.39, 0.29) is 11.7 Å². The van der Waals surface area contributed by atoms with Gasteiger partial charge in [0.2, 0.25) is 0 Å². The van der Waals surface area contributed by atoms with Gasteiger partial charge < -0.3 is 9.73 Å². The summed E-state index contributed by atoms with van der Waals surface area (Å²) >= 11 is 4.49. The maximum absolute atomic E-state index is 11.6. The summed E-state index contributed by atoms with van der Waals surface area (Å²) < 4.78 is 4.98. The lowest BCUT2D eigenvalue weighted by atomic mass is 10.3. The maximum Gasteiger partial charge on any atom is 0.291 e. The summed E-state index contributed by atoms with van der Waals surface area (Å²) in [4.78, 5) is 15.4. The van der Waals surface area contributed by atoms with Crippen LogP contribution in [0.15, 0.2) is 52.1 Å². The minimum Gasteiger partial charge on any atom is -0.459 e. The summed E-state index contributed by atoms with van der Waals surface area (Å²) in [5.74, 6) is -0.0212. The van der Waals surface area contributed by atoms with Gasteiger partial charge in [0.25, 0.3) is 5.91 Å². The van der Waals surface area contributed by atoms with E-state index in [1.165, 1.54) is 6.26 Å². The van der Waals surface area contributed by atoms with Gasteiger partial charge in [-0.15, -0.1) is 0 Å². The van der Waals surface area contributed by atoms with E-state index in [9.17, 15) is 4.79 Å². The molecule has 2 rings (SSSR count). The number of carbonyl (C=O) groups excluding carboxylic acids is 1. The number of rotatable bonds is 3. The van der Waals surface area contributed by atoms with E-state index < -0.39 is 0 Å². The zero-order chi connectivity index (χ0) is 12.1. The van der Waals surface area contributed by atoms with Gasteiger partial charge in [0.1, 0.15) is 0 Å². The van der Waals surface area contributed by atoms with Crippen molar-refractivity contribution in [2.24, 2.45) is 4.99 Å². The molecule has 1 aromatic carbocycles. The van der Waals surface area contributed by atoms with Crippen LogP contribution in [0.25, 0.3) is 0 Å². The molecule has 0 aliphatic carbocycles. The van der Waals surface area contributed by atoms with Gasteiger partial charge in [-0.3, -0.25) is 4.79 Å². The van der Waals surface area contributed by atoms with Crippen molar-refractivity contribution in [2.75, 3.05) is 5.32 Å². The SMILES string of the molecule is O=C(Nc1ccc(N=C=S)cc1)c1ccco1. The maximum atomic E-state index is 11.6. The Morgan fingerprint density at radius 1 is 1.29 bits per heavy atom. The van der Waals surface area contributed by atoms with Crippen molar-refractivity contribution < 1.29 is 9.21 Å². The lowest BCUT2D eigenvalue weighted by Gasteiger charge is -2.02. The third-order valence-corrected chi connectivity index (χ3v) is 2.14. The Bertz CT molecular complexity index is 555. The molecule has 0 unspecified atom stereocenters. The number of isothiocyanates is 1. The number of nitrogens with one attached hydrogen (secondary N) is 1. The quantitative estimate of drug-likeness (QED) is 0.666. The standard InChI is InChI=1S/C12H8N2O2S/c15-12(11-2-1-7-16-11)14-10-5-3-9(4-6-10)13-8-17/h1-7H,(H,14,15). The van der Waals surface area contributed by atoms with Crippen LogP contribution in [0.5, 0.6) is 0 Å². The molecule has 0 aliphatic rings. The van der Waals surface area contributed by atoms with Crippen LogP contribution in [-0.2, 0) is 0 Å². The fourth-order valence-electron chi connectivity index (χ4n) is 1.27. The number of hydrogen-bond acceptors (Lipinski definition) is 4. The van der Waals surface area contributed by atoms with Crippen LogP contribution in [-0.4, -0.2) is 11.1 Å². The fourth-order valence-corrected chi connectivity index (χ4v) is 1.38. The van der Waals surface area contributed by atoms with Crippen molar-refractivity contribution >= 4 is 34.7 Å². The predicted octanol–water partition coefficient (Wildman–Crippen LogP) is 3.27. The number of nitrogens with zero attached hydrogens (tertiary/aromatic N) is 1. The van der Waals surface area contributed by atoms with Gasteiger partial charge in [0, 0.05) is 5.69 Å². The summed E-state index contributed by atoms with van der Waals surface area (Å²) in [7, 11) is 0. The second kappa shape index (κ2) is 5.21. The number of hydrogen-bond donors (Lipinski definition) is 1. The van der Waals surface area contributed by atoms with Gasteiger partial charge in [-0.05, 0) is 48.6 Å². The molecule has 84 valence electrons. The zero-order valence-electron chi connectivity index (χ0n) is 8.71. The van der Waals surface area contributed by atoms with Crippen LogP contribution in [0.1, 0.15) is 10.6 Å². The summed E-state index contributed by atoms with van der Waals surface area (Å²) in [6.45, 7) is 0. The minimum absolute atomic E-state index is 0.269. The monoisotopic (exact) mass is 244 g/mol. The highest BCUT2D eigenvalue weighted by Crippen LogP contribution is 2.16. The Hall–Kier alpha value is -2.23. The van der Waals surface area contributed by atoms with Crippen LogP contribution < -0.4 is 5.32 Å². The third-order valence-electron chi connectivity index (χ3n) is 2.04. The molecular formula is C12H8N2O2S. The van der Waals surface area contributed by atoms with Crippen molar-refractivity contribution in [1.29, 1.82) is 0 Å². The van der Waals surface area contributed by atoms with E-state index in [4.69, 9.17) is 4.42 Å². The smallest absolute Gasteiger partial charge is 0.291 e. The Balaban J connectivity index is 2.09. The average molecular weight is 244 g/mol. The van der Waals surface area contributed by atoms with E-state index >= 15 is 0 Å². The summed E-state index contributed by atoms with van der Waals surface area (Å²) in [5, 5.41) is 4.97. The second-order valence-electron chi connectivity index (χ2n) is 3.18. The first-order valence-electron chi connectivity index (χ1n) is 4.82. The molecule has 4 nitrogen and oxygen atoms in total. The average Bonchev–Trinajstić information content (AvgIpc) is 2.86. The Labute approximate surface area is 103 Å². The van der Waals surface area contributed by atoms with Crippen molar-refractivity contribution in [3.05, 3.63) is 48.4 Å². The van der Waals surface area contributed by atoms with Gasteiger partial charge in [-0.25, -0.2) is 0 Å². The van der Waals surface area contributed by atoms with Crippen molar-refractivity contribution in [1.82, 2.24) is 0 Å². The van der Waals surface area contributed by atoms with Gasteiger partial charge in [0.15, 0.2) is 5.76 Å². The molecule has 1 heterocycles. The van der Waals surface area contributed by atoms with Crippen molar-refractivity contribution in [2.45, 2.75) is 0 Å². The molecule has 5 heteroatoms. The Kier molecular flexibility index (Phi) is 3.45. The van der Waals surface area contributed by atoms with E-state index in [0.717, 1.165) is 0 Å². The second-order valence-corrected chi connectivity index (χ2v) is 3.36. The van der Waals surface area contributed by atoms with Gasteiger partial charge in [-0.2, -0.15) is 4.99 Å². The molecule has 1 amide bonds. The van der Waals surface area contributed by atoms with Crippen LogP contribution in [0.3, 0.4) is 0 Å². The van der Waals surface area contributed by atoms with E-state index in [1.807, 2.05) is 0 Å². The van der Waals surface area contributed by atoms with Gasteiger partial charge >= 0.3 is 0 Å². The number of anilines is 1. The molecule has 2 aromatic rings. The summed E-state index contributed by atoms with van der Waals surface area (Å²) in [6.07, 6.45) is 1.45. The predicted molar refractivity (Wildman–Crippen MR) is 67.8 cm³/mol. The topological polar surface area (TPSA) is 54.6 Å². The molecule has 1 aromatic heterocycles. The number of aliphatic imine (C=N–C) groups is 1. The largest absolute Gasteiger partial charge is 0.459 e. The molecule has 17 heavy (non-hydrogen) atoms. The van der Waals surface area contributed by atoms with Gasteiger partial charge in [-0.1, -0.05) is 0 Å². The first kappa shape index (κ1) is 11.3. The first-order valence-corrected chi connectivity index (χ1v) is 5.23. The number of furan rings is 1. The molecular weight excluding hydrogens is 236 g/mol. The van der Waals surface area contributed by atoms with E-state index in [2.05, 4.69) is 27.7 Å². The lowest BCUT2D eigenvalue weighted by molar-refractivity contribution is 0.0996. The van der Waals surface area contributed by atoms with Crippen LogP contribution in [0, 0.1) is 0 Å². The first-order chi connectivity index (χ1) is 8.29. The van der Waals surface area contributed by atoms with Crippen LogP contribution >= 0.6 is 12.2 Å². The zero-order valence-corrected chi connectivity index (χ0v) is 9.53. The van der Waals surface area contributed by atoms with Gasteiger partial charge in [0.05, 0.1) is 17.1 Å². The molecule has 0 atom stereocenters. The molecule has 0 fully saturated rings. The van der Waals surface area contributed by atoms with E-state index in [1.54, 1.807) is 36.4 Å². The van der Waals surface area contributed by atoms with Crippen LogP contribution in [0.2, 0.25) is 0 Å².